The van der Waals surface area contributed by atoms with Gasteiger partial charge in [-0.2, -0.15) is 0 Å². The molecule has 0 unspecified atom stereocenters. The van der Waals surface area contributed by atoms with Gasteiger partial charge in [-0.25, -0.2) is 0 Å². The van der Waals surface area contributed by atoms with Crippen molar-refractivity contribution in [1.82, 2.24) is 20.7 Å². The molecule has 25 heavy (non-hydrogen) atoms. The maximum Gasteiger partial charge on any atom is 0.271 e. The molecular weight excluding hydrogens is 332 g/mol. The molecular formula is C19H28N4OS. The molecule has 0 spiro atoms. The Bertz CT molecular complexity index is 725. The quantitative estimate of drug-likeness (QED) is 0.522. The average Bonchev–Trinajstić information content (AvgIpc) is 2.97. The fourth-order valence-electron chi connectivity index (χ4n) is 2.93. The van der Waals surface area contributed by atoms with Crippen LogP contribution in [0.4, 0.5) is 0 Å². The Kier molecular flexibility index (Phi) is 7.25. The lowest BCUT2D eigenvalue weighted by Gasteiger charge is -2.17. The third kappa shape index (κ3) is 5.19. The number of thiocarbonyl (C=S) groups is 1. The second kappa shape index (κ2) is 9.42. The highest BCUT2D eigenvalue weighted by atomic mass is 32.1. The molecule has 1 atom stereocenters. The van der Waals surface area contributed by atoms with Crippen molar-refractivity contribution in [3.8, 4) is 0 Å². The van der Waals surface area contributed by atoms with Crippen LogP contribution in [-0.4, -0.2) is 22.1 Å². The molecule has 0 aliphatic heterocycles. The maximum atomic E-state index is 12.4. The van der Waals surface area contributed by atoms with Gasteiger partial charge in [0.15, 0.2) is 5.11 Å². The van der Waals surface area contributed by atoms with Gasteiger partial charge >= 0.3 is 0 Å². The summed E-state index contributed by atoms with van der Waals surface area (Å²) in [5.74, 6) is 0.410. The van der Waals surface area contributed by atoms with Crippen molar-refractivity contribution in [2.24, 2.45) is 13.0 Å². The highest BCUT2D eigenvalue weighted by Crippen LogP contribution is 2.19. The van der Waals surface area contributed by atoms with Crippen molar-refractivity contribution >= 4 is 34.1 Å². The maximum absolute atomic E-state index is 12.4. The Labute approximate surface area is 155 Å². The molecule has 0 aliphatic carbocycles. The molecule has 0 fully saturated rings. The third-order valence-corrected chi connectivity index (χ3v) is 4.77. The number of rotatable bonds is 7. The van der Waals surface area contributed by atoms with E-state index in [1.54, 1.807) is 0 Å². The number of fused-ring (bicyclic) bond motifs is 1. The van der Waals surface area contributed by atoms with Gasteiger partial charge in [0.2, 0.25) is 0 Å². The number of amides is 1. The van der Waals surface area contributed by atoms with E-state index in [-0.39, 0.29) is 5.91 Å². The lowest BCUT2D eigenvalue weighted by atomic mass is 9.99. The number of aromatic nitrogens is 1. The standard InChI is InChI=1S/C19H28N4OS/c1-4-6-9-14(5-2)12-20-19(25)22-21-18(24)16-13-23(3)17-11-8-7-10-15(16)17/h7-8,10-11,13-14H,4-6,9,12H2,1-3H3,(H,21,24)(H2,20,22,25)/t14-/m0/s1. The second-order valence-electron chi connectivity index (χ2n) is 6.38. The van der Waals surface area contributed by atoms with Crippen LogP contribution >= 0.6 is 12.2 Å². The predicted octanol–water partition coefficient (Wildman–Crippen LogP) is 3.50. The normalized spacial score (nSPS) is 12.0. The van der Waals surface area contributed by atoms with Crippen molar-refractivity contribution < 1.29 is 4.79 Å². The molecule has 0 aliphatic rings. The zero-order chi connectivity index (χ0) is 18.2. The molecule has 0 bridgehead atoms. The molecule has 5 nitrogen and oxygen atoms in total. The Morgan fingerprint density at radius 2 is 2.00 bits per heavy atom. The first kappa shape index (κ1) is 19.2. The Balaban J connectivity index is 1.85. The van der Waals surface area contributed by atoms with Crippen LogP contribution < -0.4 is 16.2 Å². The monoisotopic (exact) mass is 360 g/mol. The topological polar surface area (TPSA) is 58.1 Å². The number of nitrogens with one attached hydrogen (secondary N) is 3. The van der Waals surface area contributed by atoms with Crippen LogP contribution in [0.5, 0.6) is 0 Å². The fraction of sp³-hybridized carbons (Fsp3) is 0.474. The molecule has 6 heteroatoms. The van der Waals surface area contributed by atoms with Gasteiger partial charge in [0.05, 0.1) is 5.56 Å². The summed E-state index contributed by atoms with van der Waals surface area (Å²) in [5, 5.41) is 4.56. The minimum Gasteiger partial charge on any atom is -0.361 e. The molecule has 0 saturated carbocycles. The lowest BCUT2D eigenvalue weighted by molar-refractivity contribution is 0.0945. The van der Waals surface area contributed by atoms with E-state index in [0.29, 0.717) is 16.6 Å². The number of nitrogens with zero attached hydrogens (tertiary/aromatic N) is 1. The summed E-state index contributed by atoms with van der Waals surface area (Å²) in [6, 6.07) is 7.83. The fourth-order valence-corrected chi connectivity index (χ4v) is 3.06. The summed E-state index contributed by atoms with van der Waals surface area (Å²) in [5.41, 5.74) is 7.14. The molecule has 1 aromatic carbocycles. The van der Waals surface area contributed by atoms with E-state index in [4.69, 9.17) is 12.2 Å². The zero-order valence-electron chi connectivity index (χ0n) is 15.3. The zero-order valence-corrected chi connectivity index (χ0v) is 16.1. The molecule has 1 aromatic heterocycles. The van der Waals surface area contributed by atoms with Crippen LogP contribution in [0.15, 0.2) is 30.5 Å². The highest BCUT2D eigenvalue weighted by Gasteiger charge is 2.13. The molecule has 2 aromatic rings. The number of para-hydroxylation sites is 1. The molecule has 2 rings (SSSR count). The SMILES string of the molecule is CCCC[C@H](CC)CNC(=S)NNC(=O)c1cn(C)c2ccccc12. The van der Waals surface area contributed by atoms with E-state index in [1.165, 1.54) is 19.3 Å². The number of aryl methyl sites for hydroxylation is 1. The van der Waals surface area contributed by atoms with Crippen molar-refractivity contribution in [1.29, 1.82) is 0 Å². The van der Waals surface area contributed by atoms with Crippen molar-refractivity contribution in [3.05, 3.63) is 36.0 Å². The van der Waals surface area contributed by atoms with E-state index in [2.05, 4.69) is 30.0 Å². The van der Waals surface area contributed by atoms with Gasteiger partial charge in [-0.05, 0) is 30.6 Å². The minimum atomic E-state index is -0.195. The van der Waals surface area contributed by atoms with Gasteiger partial charge < -0.3 is 9.88 Å². The van der Waals surface area contributed by atoms with Crippen LogP contribution in [0, 0.1) is 5.92 Å². The van der Waals surface area contributed by atoms with E-state index < -0.39 is 0 Å². The Hall–Kier alpha value is -2.08. The summed E-state index contributed by atoms with van der Waals surface area (Å²) in [6.45, 7) is 5.22. The van der Waals surface area contributed by atoms with Gasteiger partial charge in [-0.3, -0.25) is 15.6 Å². The van der Waals surface area contributed by atoms with Gasteiger partial charge in [0, 0.05) is 30.7 Å². The van der Waals surface area contributed by atoms with Gasteiger partial charge in [0.1, 0.15) is 0 Å². The first-order chi connectivity index (χ1) is 12.1. The lowest BCUT2D eigenvalue weighted by Crippen LogP contribution is -2.47. The number of carbonyl (C=O) groups is 1. The highest BCUT2D eigenvalue weighted by molar-refractivity contribution is 7.80. The van der Waals surface area contributed by atoms with Crippen molar-refractivity contribution in [2.75, 3.05) is 6.54 Å². The molecule has 3 N–H and O–H groups in total. The van der Waals surface area contributed by atoms with Crippen LogP contribution in [0.2, 0.25) is 0 Å². The number of hydrogen-bond acceptors (Lipinski definition) is 2. The molecule has 0 saturated heterocycles. The van der Waals surface area contributed by atoms with Gasteiger partial charge in [-0.15, -0.1) is 0 Å². The third-order valence-electron chi connectivity index (χ3n) is 4.53. The van der Waals surface area contributed by atoms with Crippen LogP contribution in [0.3, 0.4) is 0 Å². The average molecular weight is 361 g/mol. The summed E-state index contributed by atoms with van der Waals surface area (Å²) < 4.78 is 1.94. The summed E-state index contributed by atoms with van der Waals surface area (Å²) in [6.07, 6.45) is 6.59. The number of hydrazine groups is 1. The number of hydrogen-bond donors (Lipinski definition) is 3. The van der Waals surface area contributed by atoms with E-state index in [0.717, 1.165) is 23.9 Å². The van der Waals surface area contributed by atoms with Crippen molar-refractivity contribution in [2.45, 2.75) is 39.5 Å². The molecule has 136 valence electrons. The first-order valence-electron chi connectivity index (χ1n) is 8.95. The number of benzene rings is 1. The summed E-state index contributed by atoms with van der Waals surface area (Å²) >= 11 is 5.26. The van der Waals surface area contributed by atoms with Gasteiger partial charge in [-0.1, -0.05) is 51.3 Å². The largest absolute Gasteiger partial charge is 0.361 e. The van der Waals surface area contributed by atoms with E-state index in [9.17, 15) is 4.79 Å². The molecule has 1 heterocycles. The minimum absolute atomic E-state index is 0.195. The summed E-state index contributed by atoms with van der Waals surface area (Å²) in [4.78, 5) is 12.4. The van der Waals surface area contributed by atoms with Gasteiger partial charge in [0.25, 0.3) is 5.91 Å². The van der Waals surface area contributed by atoms with Crippen LogP contribution in [0.25, 0.3) is 10.9 Å². The first-order valence-corrected chi connectivity index (χ1v) is 9.35. The van der Waals surface area contributed by atoms with Crippen molar-refractivity contribution in [3.63, 3.8) is 0 Å². The molecule has 0 radical (unpaired) electrons. The Morgan fingerprint density at radius 3 is 2.72 bits per heavy atom. The molecule has 1 amide bonds. The Morgan fingerprint density at radius 1 is 1.24 bits per heavy atom. The van der Waals surface area contributed by atoms with Crippen LogP contribution in [-0.2, 0) is 7.05 Å². The predicted molar refractivity (Wildman–Crippen MR) is 107 cm³/mol. The summed E-state index contributed by atoms with van der Waals surface area (Å²) in [7, 11) is 1.93. The number of unbranched alkanes of at least 4 members (excludes halogenated alkanes) is 1. The smallest absolute Gasteiger partial charge is 0.271 e. The van der Waals surface area contributed by atoms with E-state index in [1.807, 2.05) is 42.1 Å². The number of carbonyl (C=O) groups excluding carboxylic acids is 1. The van der Waals surface area contributed by atoms with E-state index >= 15 is 0 Å². The second-order valence-corrected chi connectivity index (χ2v) is 6.78. The van der Waals surface area contributed by atoms with Crippen LogP contribution in [0.1, 0.15) is 49.9 Å².